The Balaban J connectivity index is 2.01. The second-order valence-corrected chi connectivity index (χ2v) is 7.68. The predicted molar refractivity (Wildman–Crippen MR) is 101 cm³/mol. The highest BCUT2D eigenvalue weighted by Crippen LogP contribution is 2.28. The molecule has 5 nitrogen and oxygen atoms in total. The summed E-state index contributed by atoms with van der Waals surface area (Å²) in [4.78, 5) is 27.1. The van der Waals surface area contributed by atoms with Gasteiger partial charge in [-0.3, -0.25) is 19.8 Å². The summed E-state index contributed by atoms with van der Waals surface area (Å²) in [6, 6.07) is 10.6. The Kier molecular flexibility index (Phi) is 4.79. The molecule has 1 aliphatic rings. The van der Waals surface area contributed by atoms with Gasteiger partial charge in [-0.05, 0) is 58.5 Å². The Morgan fingerprint density at radius 3 is 2.75 bits per heavy atom. The fraction of sp³-hybridized carbons (Fsp3) is 0.0625. The van der Waals surface area contributed by atoms with E-state index in [1.807, 2.05) is 12.1 Å². The van der Waals surface area contributed by atoms with E-state index in [0.29, 0.717) is 11.4 Å². The van der Waals surface area contributed by atoms with Crippen LogP contribution in [0.15, 0.2) is 45.8 Å². The molecular weight excluding hydrogens is 412 g/mol. The van der Waals surface area contributed by atoms with E-state index in [1.165, 1.54) is 23.3 Å². The van der Waals surface area contributed by atoms with Crippen molar-refractivity contribution in [3.8, 4) is 5.75 Å². The van der Waals surface area contributed by atoms with Crippen LogP contribution >= 0.6 is 39.5 Å². The predicted octanol–water partition coefficient (Wildman–Crippen LogP) is 3.35. The number of nitrogens with one attached hydrogen (secondary N) is 1. The summed E-state index contributed by atoms with van der Waals surface area (Å²) >= 11 is 9.95. The molecule has 2 aromatic rings. The first-order valence-electron chi connectivity index (χ1n) is 6.80. The Bertz CT molecular complexity index is 876. The number of methoxy groups -OCH3 is 1. The van der Waals surface area contributed by atoms with Crippen LogP contribution in [0.25, 0.3) is 6.08 Å². The number of thiophene rings is 1. The number of carbonyl (C=O) groups excluding carboxylic acids is 2. The Hall–Kier alpha value is -2.03. The third kappa shape index (κ3) is 3.26. The molecular formula is C16H11BrN2O3S2. The summed E-state index contributed by atoms with van der Waals surface area (Å²) in [5.74, 6) is -0.386. The van der Waals surface area contributed by atoms with Gasteiger partial charge >= 0.3 is 0 Å². The molecule has 1 aliphatic heterocycles. The lowest BCUT2D eigenvalue weighted by Crippen LogP contribution is -2.54. The van der Waals surface area contributed by atoms with E-state index in [-0.39, 0.29) is 10.7 Å². The van der Waals surface area contributed by atoms with Crippen LogP contribution in [-0.4, -0.2) is 24.0 Å². The maximum Gasteiger partial charge on any atom is 0.270 e. The molecule has 1 saturated heterocycles. The van der Waals surface area contributed by atoms with Crippen LogP contribution in [0.5, 0.6) is 5.75 Å². The Labute approximate surface area is 156 Å². The van der Waals surface area contributed by atoms with Crippen LogP contribution in [0.2, 0.25) is 0 Å². The highest BCUT2D eigenvalue weighted by molar-refractivity contribution is 9.11. The van der Waals surface area contributed by atoms with Gasteiger partial charge in [-0.2, -0.15) is 0 Å². The maximum absolute atomic E-state index is 12.8. The van der Waals surface area contributed by atoms with Gasteiger partial charge in [0.2, 0.25) is 0 Å². The first-order valence-corrected chi connectivity index (χ1v) is 8.82. The average molecular weight is 423 g/mol. The summed E-state index contributed by atoms with van der Waals surface area (Å²) < 4.78 is 6.09. The molecule has 1 N–H and O–H groups in total. The molecule has 122 valence electrons. The number of thiocarbonyl (C=S) groups is 1. The van der Waals surface area contributed by atoms with E-state index >= 15 is 0 Å². The second-order valence-electron chi connectivity index (χ2n) is 4.80. The number of hydrogen-bond donors (Lipinski definition) is 1. The molecule has 0 atom stereocenters. The van der Waals surface area contributed by atoms with Gasteiger partial charge in [-0.15, -0.1) is 11.3 Å². The van der Waals surface area contributed by atoms with Crippen LogP contribution in [0, 0.1) is 0 Å². The molecule has 24 heavy (non-hydrogen) atoms. The van der Waals surface area contributed by atoms with Gasteiger partial charge in [-0.25, -0.2) is 0 Å². The number of rotatable bonds is 3. The molecule has 0 unspecified atom stereocenters. The third-order valence-electron chi connectivity index (χ3n) is 3.29. The largest absolute Gasteiger partial charge is 0.497 e. The van der Waals surface area contributed by atoms with Crippen molar-refractivity contribution in [3.05, 3.63) is 50.6 Å². The molecule has 8 heteroatoms. The van der Waals surface area contributed by atoms with Gasteiger partial charge < -0.3 is 4.74 Å². The SMILES string of the molecule is COc1cccc(N2C(=O)C(=Cc3ccc(Br)s3)C(=O)NC2=S)c1. The maximum atomic E-state index is 12.8. The first-order chi connectivity index (χ1) is 11.5. The zero-order valence-corrected chi connectivity index (χ0v) is 15.6. The number of nitrogens with zero attached hydrogens (tertiary/aromatic N) is 1. The van der Waals surface area contributed by atoms with E-state index in [2.05, 4.69) is 21.2 Å². The zero-order chi connectivity index (χ0) is 17.3. The monoisotopic (exact) mass is 422 g/mol. The van der Waals surface area contributed by atoms with E-state index < -0.39 is 11.8 Å². The number of anilines is 1. The number of ether oxygens (including phenoxy) is 1. The molecule has 0 saturated carbocycles. The lowest BCUT2D eigenvalue weighted by molar-refractivity contribution is -0.122. The average Bonchev–Trinajstić information content (AvgIpc) is 2.96. The van der Waals surface area contributed by atoms with Crippen LogP contribution < -0.4 is 15.0 Å². The van der Waals surface area contributed by atoms with Gasteiger partial charge in [0.25, 0.3) is 11.8 Å². The highest BCUT2D eigenvalue weighted by Gasteiger charge is 2.34. The normalized spacial score (nSPS) is 16.5. The van der Waals surface area contributed by atoms with Crippen molar-refractivity contribution in [1.82, 2.24) is 5.32 Å². The third-order valence-corrected chi connectivity index (χ3v) is 5.15. The highest BCUT2D eigenvalue weighted by atomic mass is 79.9. The number of benzene rings is 1. The summed E-state index contributed by atoms with van der Waals surface area (Å²) in [6.45, 7) is 0. The second kappa shape index (κ2) is 6.84. The summed E-state index contributed by atoms with van der Waals surface area (Å²) in [5, 5.41) is 2.60. The quantitative estimate of drug-likeness (QED) is 0.468. The van der Waals surface area contributed by atoms with Gasteiger partial charge in [0.1, 0.15) is 11.3 Å². The number of amides is 2. The van der Waals surface area contributed by atoms with Crippen molar-refractivity contribution in [3.63, 3.8) is 0 Å². The van der Waals surface area contributed by atoms with E-state index in [9.17, 15) is 9.59 Å². The lowest BCUT2D eigenvalue weighted by Gasteiger charge is -2.29. The minimum Gasteiger partial charge on any atom is -0.497 e. The number of carbonyl (C=O) groups is 2. The number of hydrogen-bond acceptors (Lipinski definition) is 5. The molecule has 0 aliphatic carbocycles. The zero-order valence-electron chi connectivity index (χ0n) is 12.4. The molecule has 3 rings (SSSR count). The van der Waals surface area contributed by atoms with Crippen molar-refractivity contribution in [1.29, 1.82) is 0 Å². The van der Waals surface area contributed by atoms with Crippen molar-refractivity contribution in [2.45, 2.75) is 0 Å². The minimum absolute atomic E-state index is 0.0285. The Morgan fingerprint density at radius 2 is 2.08 bits per heavy atom. The minimum atomic E-state index is -0.506. The van der Waals surface area contributed by atoms with Crippen molar-refractivity contribution in [2.75, 3.05) is 12.0 Å². The van der Waals surface area contributed by atoms with Crippen LogP contribution in [0.3, 0.4) is 0 Å². The van der Waals surface area contributed by atoms with Crippen LogP contribution in [0.4, 0.5) is 5.69 Å². The van der Waals surface area contributed by atoms with Gasteiger partial charge in [-0.1, -0.05) is 6.07 Å². The van der Waals surface area contributed by atoms with E-state index in [4.69, 9.17) is 17.0 Å². The van der Waals surface area contributed by atoms with Gasteiger partial charge in [0, 0.05) is 10.9 Å². The van der Waals surface area contributed by atoms with Crippen molar-refractivity contribution in [2.24, 2.45) is 0 Å². The van der Waals surface area contributed by atoms with Crippen LogP contribution in [0.1, 0.15) is 4.88 Å². The summed E-state index contributed by atoms with van der Waals surface area (Å²) in [6.07, 6.45) is 1.56. The fourth-order valence-corrected chi connectivity index (χ4v) is 3.84. The molecule has 1 aromatic carbocycles. The Morgan fingerprint density at radius 1 is 1.29 bits per heavy atom. The first kappa shape index (κ1) is 16.8. The van der Waals surface area contributed by atoms with Gasteiger partial charge in [0.05, 0.1) is 16.6 Å². The van der Waals surface area contributed by atoms with Gasteiger partial charge in [0.15, 0.2) is 5.11 Å². The topological polar surface area (TPSA) is 58.6 Å². The lowest BCUT2D eigenvalue weighted by atomic mass is 10.1. The smallest absolute Gasteiger partial charge is 0.270 e. The molecule has 2 amide bonds. The summed E-state index contributed by atoms with van der Waals surface area (Å²) in [5.41, 5.74) is 0.559. The standard InChI is InChI=1S/C16H11BrN2O3S2/c1-22-10-4-2-3-9(7-10)19-15(21)12(14(20)18-16(19)23)8-11-5-6-13(17)24-11/h2-8H,1H3,(H,18,20,23). The fourth-order valence-electron chi connectivity index (χ4n) is 2.19. The van der Waals surface area contributed by atoms with E-state index in [1.54, 1.807) is 30.3 Å². The molecule has 1 aromatic heterocycles. The molecule has 0 bridgehead atoms. The molecule has 2 heterocycles. The van der Waals surface area contributed by atoms with E-state index in [0.717, 1.165) is 8.66 Å². The number of halogens is 1. The van der Waals surface area contributed by atoms with Crippen molar-refractivity contribution >= 4 is 68.2 Å². The van der Waals surface area contributed by atoms with Crippen molar-refractivity contribution < 1.29 is 14.3 Å². The summed E-state index contributed by atoms with van der Waals surface area (Å²) in [7, 11) is 1.54. The molecule has 0 radical (unpaired) electrons. The molecule has 0 spiro atoms. The van der Waals surface area contributed by atoms with Crippen LogP contribution in [-0.2, 0) is 9.59 Å². The molecule has 1 fully saturated rings.